The van der Waals surface area contributed by atoms with E-state index in [0.717, 1.165) is 21.3 Å². The Kier molecular flexibility index (Phi) is 3.86. The Bertz CT molecular complexity index is 877. The van der Waals surface area contributed by atoms with Crippen LogP contribution in [0.1, 0.15) is 0 Å². The van der Waals surface area contributed by atoms with Crippen LogP contribution in [0.4, 0.5) is 11.4 Å². The lowest BCUT2D eigenvalue weighted by Crippen LogP contribution is -2.24. The van der Waals surface area contributed by atoms with Crippen LogP contribution in [0.25, 0.3) is 0 Å². The maximum atomic E-state index is 12.7. The number of fused-ring (bicyclic) bond motifs is 1. The summed E-state index contributed by atoms with van der Waals surface area (Å²) in [5.41, 5.74) is 1.98. The average molecular weight is 353 g/mol. The van der Waals surface area contributed by atoms with Crippen molar-refractivity contribution in [3.63, 3.8) is 0 Å². The molecule has 0 unspecified atom stereocenters. The fourth-order valence-corrected chi connectivity index (χ4v) is 4.92. The summed E-state index contributed by atoms with van der Waals surface area (Å²) in [7, 11) is 3.78. The van der Waals surface area contributed by atoms with Crippen molar-refractivity contribution in [1.82, 2.24) is 4.90 Å². The van der Waals surface area contributed by atoms with Crippen molar-refractivity contribution in [1.29, 1.82) is 0 Å². The van der Waals surface area contributed by atoms with E-state index in [-0.39, 0.29) is 5.91 Å². The van der Waals surface area contributed by atoms with Crippen molar-refractivity contribution >= 4 is 46.0 Å². The normalized spacial score (nSPS) is 21.8. The molecule has 2 heterocycles. The van der Waals surface area contributed by atoms with E-state index in [0.29, 0.717) is 5.17 Å². The minimum Gasteiger partial charge on any atom is -0.337 e. The second-order valence-electron chi connectivity index (χ2n) is 5.46. The topological polar surface area (TPSA) is 35.9 Å². The Morgan fingerprint density at radius 3 is 2.33 bits per heavy atom. The molecule has 0 radical (unpaired) electrons. The number of hydrogen-bond acceptors (Lipinski definition) is 5. The van der Waals surface area contributed by atoms with Crippen molar-refractivity contribution in [3.05, 3.63) is 64.5 Å². The van der Waals surface area contributed by atoms with Crippen molar-refractivity contribution in [2.24, 2.45) is 4.99 Å². The maximum Gasteiger partial charge on any atom is 0.269 e. The number of benzene rings is 2. The highest BCUT2D eigenvalue weighted by Gasteiger charge is 2.37. The van der Waals surface area contributed by atoms with E-state index in [1.807, 2.05) is 49.5 Å². The molecule has 0 bridgehead atoms. The second kappa shape index (κ2) is 6.03. The van der Waals surface area contributed by atoms with Crippen LogP contribution in [0.2, 0.25) is 0 Å². The number of amides is 1. The van der Waals surface area contributed by atoms with Crippen LogP contribution in [0, 0.1) is 0 Å². The van der Waals surface area contributed by atoms with E-state index in [1.165, 1.54) is 16.7 Å². The van der Waals surface area contributed by atoms with Gasteiger partial charge in [0.25, 0.3) is 5.91 Å². The first-order valence-electron chi connectivity index (χ1n) is 7.49. The molecule has 0 aromatic heterocycles. The number of nitrogens with zero attached hydrogens (tertiary/aromatic N) is 3. The van der Waals surface area contributed by atoms with Gasteiger partial charge in [-0.2, -0.15) is 0 Å². The van der Waals surface area contributed by atoms with Crippen molar-refractivity contribution in [3.8, 4) is 0 Å². The number of aliphatic imine (C=N–C) groups is 1. The predicted octanol–water partition coefficient (Wildman–Crippen LogP) is 4.29. The van der Waals surface area contributed by atoms with Crippen LogP contribution in [-0.2, 0) is 4.79 Å². The van der Waals surface area contributed by atoms with E-state index in [2.05, 4.69) is 22.0 Å². The van der Waals surface area contributed by atoms with Crippen LogP contribution >= 0.6 is 23.5 Å². The van der Waals surface area contributed by atoms with Gasteiger partial charge < -0.3 is 4.90 Å². The molecule has 2 aromatic rings. The first-order valence-corrected chi connectivity index (χ1v) is 9.13. The summed E-state index contributed by atoms with van der Waals surface area (Å²) in [5, 5.41) is 1.68. The zero-order valence-electron chi connectivity index (χ0n) is 13.3. The summed E-state index contributed by atoms with van der Waals surface area (Å²) in [6, 6.07) is 17.9. The van der Waals surface area contributed by atoms with Gasteiger partial charge in [-0.15, -0.1) is 0 Å². The van der Waals surface area contributed by atoms with E-state index >= 15 is 0 Å². The largest absolute Gasteiger partial charge is 0.337 e. The summed E-state index contributed by atoms with van der Waals surface area (Å²) in [5.74, 6) is -0.00293. The average Bonchev–Trinajstić information content (AvgIpc) is 3.08. The molecule has 24 heavy (non-hydrogen) atoms. The molecule has 0 spiro atoms. The smallest absolute Gasteiger partial charge is 0.269 e. The fraction of sp³-hybridized carbons (Fsp3) is 0.111. The molecule has 2 aliphatic heterocycles. The Morgan fingerprint density at radius 2 is 1.58 bits per heavy atom. The van der Waals surface area contributed by atoms with Crippen molar-refractivity contribution in [2.45, 2.75) is 4.90 Å². The molecule has 1 fully saturated rings. The van der Waals surface area contributed by atoms with Crippen LogP contribution < -0.4 is 4.90 Å². The SMILES string of the molecule is CN1C(=O)/C(=C2/Sc3ccccc3N2C)SC1=Nc1ccccc1. The molecule has 0 atom stereocenters. The molecule has 4 rings (SSSR count). The number of anilines is 1. The molecular weight excluding hydrogens is 338 g/mol. The van der Waals surface area contributed by atoms with Crippen molar-refractivity contribution in [2.75, 3.05) is 19.0 Å². The van der Waals surface area contributed by atoms with Crippen LogP contribution in [0.3, 0.4) is 0 Å². The highest BCUT2D eigenvalue weighted by molar-refractivity contribution is 8.19. The maximum absolute atomic E-state index is 12.7. The summed E-state index contributed by atoms with van der Waals surface area (Å²) in [6.07, 6.45) is 0. The highest BCUT2D eigenvalue weighted by atomic mass is 32.2. The molecular formula is C18H15N3OS2. The summed E-state index contributed by atoms with van der Waals surface area (Å²) in [6.45, 7) is 0. The van der Waals surface area contributed by atoms with Gasteiger partial charge in [0.05, 0.1) is 16.4 Å². The lowest BCUT2D eigenvalue weighted by atomic mass is 10.3. The Balaban J connectivity index is 1.71. The molecule has 0 aliphatic carbocycles. The number of hydrogen-bond donors (Lipinski definition) is 0. The monoisotopic (exact) mass is 353 g/mol. The van der Waals surface area contributed by atoms with Gasteiger partial charge in [-0.05, 0) is 36.0 Å². The molecule has 1 saturated heterocycles. The van der Waals surface area contributed by atoms with Gasteiger partial charge in [0.1, 0.15) is 4.91 Å². The van der Waals surface area contributed by atoms with E-state index in [4.69, 9.17) is 0 Å². The van der Waals surface area contributed by atoms with Crippen LogP contribution in [0.5, 0.6) is 0 Å². The number of carbonyl (C=O) groups excluding carboxylic acids is 1. The first kappa shape index (κ1) is 15.4. The van der Waals surface area contributed by atoms with Gasteiger partial charge in [-0.25, -0.2) is 4.99 Å². The number of amidine groups is 1. The molecule has 6 heteroatoms. The quantitative estimate of drug-likeness (QED) is 0.717. The number of thioether (sulfide) groups is 2. The third-order valence-corrected chi connectivity index (χ3v) is 6.38. The van der Waals surface area contributed by atoms with E-state index in [9.17, 15) is 4.79 Å². The van der Waals surface area contributed by atoms with Gasteiger partial charge in [-0.3, -0.25) is 9.69 Å². The van der Waals surface area contributed by atoms with Crippen LogP contribution in [0.15, 0.2) is 74.4 Å². The Labute approximate surface area is 149 Å². The molecule has 120 valence electrons. The Hall–Kier alpha value is -2.18. The number of rotatable bonds is 1. The summed E-state index contributed by atoms with van der Waals surface area (Å²) >= 11 is 3.07. The van der Waals surface area contributed by atoms with Gasteiger partial charge in [0.15, 0.2) is 5.17 Å². The fourth-order valence-electron chi connectivity index (χ4n) is 2.59. The van der Waals surface area contributed by atoms with E-state index < -0.39 is 0 Å². The molecule has 0 saturated carbocycles. The second-order valence-corrected chi connectivity index (χ2v) is 7.47. The minimum atomic E-state index is -0.00293. The van der Waals surface area contributed by atoms with Gasteiger partial charge in [0, 0.05) is 19.0 Å². The first-order chi connectivity index (χ1) is 11.6. The predicted molar refractivity (Wildman–Crippen MR) is 102 cm³/mol. The highest BCUT2D eigenvalue weighted by Crippen LogP contribution is 2.49. The summed E-state index contributed by atoms with van der Waals surface area (Å²) < 4.78 is 0. The summed E-state index contributed by atoms with van der Waals surface area (Å²) in [4.78, 5) is 22.9. The molecule has 2 aliphatic rings. The number of carbonyl (C=O) groups is 1. The van der Waals surface area contributed by atoms with Gasteiger partial charge in [-0.1, -0.05) is 42.1 Å². The number of para-hydroxylation sites is 2. The van der Waals surface area contributed by atoms with Gasteiger partial charge in [0.2, 0.25) is 0 Å². The molecule has 2 aromatic carbocycles. The third kappa shape index (κ3) is 2.52. The van der Waals surface area contributed by atoms with Crippen molar-refractivity contribution < 1.29 is 4.79 Å². The lowest BCUT2D eigenvalue weighted by Gasteiger charge is -2.14. The minimum absolute atomic E-state index is 0.00293. The number of likely N-dealkylation sites (N-methyl/N-ethyl adjacent to an activating group) is 1. The van der Waals surface area contributed by atoms with Crippen LogP contribution in [-0.4, -0.2) is 30.1 Å². The van der Waals surface area contributed by atoms with Gasteiger partial charge >= 0.3 is 0 Å². The Morgan fingerprint density at radius 1 is 0.875 bits per heavy atom. The lowest BCUT2D eigenvalue weighted by molar-refractivity contribution is -0.121. The standard InChI is InChI=1S/C18H15N3OS2/c1-20-13-10-6-7-11-14(13)23-17(20)15-16(22)21(2)18(24-15)19-12-8-4-3-5-9-12/h3-11H,1-2H3/b17-15-,19-18?. The zero-order chi connectivity index (χ0) is 16.7. The third-order valence-electron chi connectivity index (χ3n) is 3.89. The zero-order valence-corrected chi connectivity index (χ0v) is 14.9. The molecule has 1 amide bonds. The molecule has 0 N–H and O–H groups in total. The molecule has 4 nitrogen and oxygen atoms in total. The van der Waals surface area contributed by atoms with E-state index in [1.54, 1.807) is 23.7 Å².